The van der Waals surface area contributed by atoms with E-state index in [4.69, 9.17) is 4.42 Å². The number of nitrogens with one attached hydrogen (secondary N) is 2. The normalized spacial score (nSPS) is 30.6. The summed E-state index contributed by atoms with van der Waals surface area (Å²) in [4.78, 5) is 23.7. The van der Waals surface area contributed by atoms with Gasteiger partial charge in [0.15, 0.2) is 0 Å². The fourth-order valence-electron chi connectivity index (χ4n) is 5.66. The van der Waals surface area contributed by atoms with E-state index in [1.165, 1.54) is 50.3 Å². The fourth-order valence-corrected chi connectivity index (χ4v) is 6.23. The van der Waals surface area contributed by atoms with E-state index in [1.807, 2.05) is 0 Å². The first-order chi connectivity index (χ1) is 13.4. The standard InChI is InChI=1S/C20H30N4O3S/c1-12(2)3-4-21-18(26)22-16(25)11-28-19-24-23-17(27-19)20-8-13-5-14(9-20)7-15(6-13)10-20/h12-15H,3-11H2,1-2H3,(H2,21,22,25,26). The lowest BCUT2D eigenvalue weighted by Gasteiger charge is -2.55. The molecule has 1 heterocycles. The first-order valence-electron chi connectivity index (χ1n) is 10.5. The molecule has 2 N–H and O–H groups in total. The number of urea groups is 1. The van der Waals surface area contributed by atoms with E-state index in [9.17, 15) is 9.59 Å². The van der Waals surface area contributed by atoms with Crippen LogP contribution in [-0.2, 0) is 10.2 Å². The van der Waals surface area contributed by atoms with Crippen LogP contribution in [0.1, 0.15) is 64.7 Å². The third-order valence-electron chi connectivity index (χ3n) is 6.49. The number of hydrogen-bond donors (Lipinski definition) is 2. The zero-order valence-electron chi connectivity index (χ0n) is 16.7. The Morgan fingerprint density at radius 2 is 1.79 bits per heavy atom. The predicted octanol–water partition coefficient (Wildman–Crippen LogP) is 3.50. The summed E-state index contributed by atoms with van der Waals surface area (Å²) in [7, 11) is 0. The van der Waals surface area contributed by atoms with Gasteiger partial charge in [0.05, 0.1) is 5.75 Å². The number of imide groups is 1. The van der Waals surface area contributed by atoms with Crippen LogP contribution in [0.4, 0.5) is 4.79 Å². The molecular formula is C20H30N4O3S. The third kappa shape index (κ3) is 4.36. The summed E-state index contributed by atoms with van der Waals surface area (Å²) in [5.41, 5.74) is 0.0686. The first kappa shape index (κ1) is 19.7. The SMILES string of the molecule is CC(C)CCNC(=O)NC(=O)CSc1nnc(C23CC4CC(CC(C4)C2)C3)o1. The van der Waals surface area contributed by atoms with Crippen molar-refractivity contribution < 1.29 is 14.0 Å². The van der Waals surface area contributed by atoms with E-state index < -0.39 is 6.03 Å². The highest BCUT2D eigenvalue weighted by molar-refractivity contribution is 7.99. The molecular weight excluding hydrogens is 376 g/mol. The van der Waals surface area contributed by atoms with Crippen LogP contribution < -0.4 is 10.6 Å². The second kappa shape index (κ2) is 8.05. The highest BCUT2D eigenvalue weighted by atomic mass is 32.2. The highest BCUT2D eigenvalue weighted by Crippen LogP contribution is 2.60. The molecule has 4 aliphatic carbocycles. The summed E-state index contributed by atoms with van der Waals surface area (Å²) in [6, 6.07) is -0.453. The summed E-state index contributed by atoms with van der Waals surface area (Å²) in [6.45, 7) is 4.73. The Labute approximate surface area is 170 Å². The van der Waals surface area contributed by atoms with Crippen molar-refractivity contribution in [1.29, 1.82) is 0 Å². The van der Waals surface area contributed by atoms with Crippen molar-refractivity contribution in [3.8, 4) is 0 Å². The second-order valence-electron chi connectivity index (χ2n) is 9.35. The van der Waals surface area contributed by atoms with Crippen LogP contribution in [0.15, 0.2) is 9.64 Å². The molecule has 4 aliphatic rings. The van der Waals surface area contributed by atoms with Crippen molar-refractivity contribution in [2.75, 3.05) is 12.3 Å². The van der Waals surface area contributed by atoms with E-state index in [1.54, 1.807) is 0 Å². The van der Waals surface area contributed by atoms with Gasteiger partial charge < -0.3 is 9.73 Å². The van der Waals surface area contributed by atoms with E-state index in [0.29, 0.717) is 17.7 Å². The Bertz CT molecular complexity index is 698. The largest absolute Gasteiger partial charge is 0.415 e. The lowest BCUT2D eigenvalue weighted by atomic mass is 9.49. The van der Waals surface area contributed by atoms with Gasteiger partial charge in [-0.05, 0) is 68.6 Å². The molecule has 0 radical (unpaired) electrons. The van der Waals surface area contributed by atoms with Crippen LogP contribution in [0.5, 0.6) is 0 Å². The Kier molecular flexibility index (Phi) is 5.67. The fraction of sp³-hybridized carbons (Fsp3) is 0.800. The van der Waals surface area contributed by atoms with Gasteiger partial charge in [-0.1, -0.05) is 25.6 Å². The summed E-state index contributed by atoms with van der Waals surface area (Å²) in [5.74, 6) is 3.44. The smallest absolute Gasteiger partial charge is 0.321 e. The average Bonchev–Trinajstić information content (AvgIpc) is 3.08. The summed E-state index contributed by atoms with van der Waals surface area (Å²) in [6.07, 6.45) is 8.50. The topological polar surface area (TPSA) is 97.1 Å². The van der Waals surface area contributed by atoms with E-state index in [-0.39, 0.29) is 17.1 Å². The Balaban J connectivity index is 1.26. The van der Waals surface area contributed by atoms with Gasteiger partial charge in [0.25, 0.3) is 5.22 Å². The van der Waals surface area contributed by atoms with E-state index in [0.717, 1.165) is 30.1 Å². The summed E-state index contributed by atoms with van der Waals surface area (Å²) < 4.78 is 5.98. The van der Waals surface area contributed by atoms with Gasteiger partial charge in [-0.3, -0.25) is 10.1 Å². The van der Waals surface area contributed by atoms with Crippen LogP contribution >= 0.6 is 11.8 Å². The number of carbonyl (C=O) groups is 2. The molecule has 4 bridgehead atoms. The van der Waals surface area contributed by atoms with Crippen LogP contribution in [0.25, 0.3) is 0 Å². The lowest BCUT2D eigenvalue weighted by Crippen LogP contribution is -2.48. The maximum atomic E-state index is 12.0. The van der Waals surface area contributed by atoms with Crippen LogP contribution in [-0.4, -0.2) is 34.4 Å². The average molecular weight is 407 g/mol. The molecule has 0 spiro atoms. The van der Waals surface area contributed by atoms with Crippen LogP contribution in [0.3, 0.4) is 0 Å². The van der Waals surface area contributed by atoms with Crippen molar-refractivity contribution in [2.45, 2.75) is 69.4 Å². The van der Waals surface area contributed by atoms with Crippen LogP contribution in [0, 0.1) is 23.7 Å². The quantitative estimate of drug-likeness (QED) is 0.673. The van der Waals surface area contributed by atoms with Gasteiger partial charge in [0.2, 0.25) is 11.8 Å². The molecule has 3 amide bonds. The molecule has 0 aliphatic heterocycles. The Hall–Kier alpha value is -1.57. The molecule has 7 nitrogen and oxygen atoms in total. The molecule has 0 atom stereocenters. The van der Waals surface area contributed by atoms with Gasteiger partial charge in [-0.25, -0.2) is 4.79 Å². The third-order valence-corrected chi connectivity index (χ3v) is 7.30. The lowest BCUT2D eigenvalue weighted by molar-refractivity contribution is -0.117. The van der Waals surface area contributed by atoms with Crippen molar-refractivity contribution in [2.24, 2.45) is 23.7 Å². The van der Waals surface area contributed by atoms with Crippen molar-refractivity contribution >= 4 is 23.7 Å². The number of nitrogens with zero attached hydrogens (tertiary/aromatic N) is 2. The number of hydrogen-bond acceptors (Lipinski definition) is 6. The minimum absolute atomic E-state index is 0.0686. The molecule has 1 aromatic rings. The van der Waals surface area contributed by atoms with Gasteiger partial charge in [0, 0.05) is 12.0 Å². The molecule has 5 rings (SSSR count). The number of aromatic nitrogens is 2. The van der Waals surface area contributed by atoms with Gasteiger partial charge in [-0.2, -0.15) is 0 Å². The molecule has 1 aromatic heterocycles. The van der Waals surface area contributed by atoms with Gasteiger partial charge in [-0.15, -0.1) is 10.2 Å². The van der Waals surface area contributed by atoms with Crippen molar-refractivity contribution in [1.82, 2.24) is 20.8 Å². The molecule has 4 fully saturated rings. The van der Waals surface area contributed by atoms with Gasteiger partial charge >= 0.3 is 6.03 Å². The predicted molar refractivity (Wildman–Crippen MR) is 106 cm³/mol. The summed E-state index contributed by atoms with van der Waals surface area (Å²) in [5, 5.41) is 14.0. The highest BCUT2D eigenvalue weighted by Gasteiger charge is 2.54. The molecule has 28 heavy (non-hydrogen) atoms. The minimum atomic E-state index is -0.453. The molecule has 8 heteroatoms. The molecule has 0 unspecified atom stereocenters. The zero-order valence-corrected chi connectivity index (χ0v) is 17.5. The van der Waals surface area contributed by atoms with E-state index in [2.05, 4.69) is 34.7 Å². The maximum Gasteiger partial charge on any atom is 0.321 e. The first-order valence-corrected chi connectivity index (χ1v) is 11.4. The molecule has 154 valence electrons. The number of carbonyl (C=O) groups excluding carboxylic acids is 2. The van der Waals surface area contributed by atoms with Crippen LogP contribution in [0.2, 0.25) is 0 Å². The van der Waals surface area contributed by atoms with Gasteiger partial charge in [0.1, 0.15) is 0 Å². The second-order valence-corrected chi connectivity index (χ2v) is 10.3. The molecule has 0 saturated heterocycles. The monoisotopic (exact) mass is 406 g/mol. The molecule has 4 saturated carbocycles. The van der Waals surface area contributed by atoms with Crippen molar-refractivity contribution in [3.05, 3.63) is 5.89 Å². The number of rotatable bonds is 7. The Morgan fingerprint density at radius 1 is 1.14 bits per heavy atom. The molecule has 0 aromatic carbocycles. The Morgan fingerprint density at radius 3 is 2.39 bits per heavy atom. The number of thioether (sulfide) groups is 1. The number of amides is 3. The maximum absolute atomic E-state index is 12.0. The zero-order chi connectivity index (χ0) is 19.7. The van der Waals surface area contributed by atoms with Crippen molar-refractivity contribution in [3.63, 3.8) is 0 Å². The minimum Gasteiger partial charge on any atom is -0.415 e. The van der Waals surface area contributed by atoms with E-state index >= 15 is 0 Å². The summed E-state index contributed by atoms with van der Waals surface area (Å²) >= 11 is 1.19.